The van der Waals surface area contributed by atoms with Gasteiger partial charge in [0.05, 0.1) is 17.4 Å². The van der Waals surface area contributed by atoms with Crippen molar-refractivity contribution < 1.29 is 14.5 Å². The number of aryl methyl sites for hydroxylation is 1. The molecule has 0 saturated carbocycles. The van der Waals surface area contributed by atoms with Crippen LogP contribution in [0.2, 0.25) is 0 Å². The second-order valence-electron chi connectivity index (χ2n) is 5.27. The number of nitrogens with zero attached hydrogens (tertiary/aromatic N) is 2. The van der Waals surface area contributed by atoms with E-state index in [2.05, 4.69) is 4.90 Å². The highest BCUT2D eigenvalue weighted by Crippen LogP contribution is 2.29. The number of carbonyl (C=O) groups excluding carboxylic acids is 1. The van der Waals surface area contributed by atoms with Crippen LogP contribution in [0.3, 0.4) is 0 Å². The predicted molar refractivity (Wildman–Crippen MR) is 79.4 cm³/mol. The molecule has 0 spiro atoms. The van der Waals surface area contributed by atoms with Gasteiger partial charge in [-0.25, -0.2) is 0 Å². The zero-order chi connectivity index (χ0) is 15.4. The molecule has 1 atom stereocenters. The lowest BCUT2D eigenvalue weighted by Crippen LogP contribution is -2.39. The number of esters is 1. The molecule has 1 unspecified atom stereocenters. The molecule has 2 rings (SSSR count). The Hall–Kier alpha value is -2.11. The van der Waals surface area contributed by atoms with Crippen LogP contribution in [-0.2, 0) is 9.53 Å². The normalized spacial score (nSPS) is 18.4. The molecule has 1 heterocycles. The average molecular weight is 292 g/mol. The van der Waals surface area contributed by atoms with E-state index in [0.717, 1.165) is 30.6 Å². The van der Waals surface area contributed by atoms with Gasteiger partial charge in [-0.1, -0.05) is 0 Å². The molecule has 0 bridgehead atoms. The van der Waals surface area contributed by atoms with Crippen LogP contribution in [0.4, 0.5) is 11.4 Å². The van der Waals surface area contributed by atoms with Gasteiger partial charge in [0, 0.05) is 30.9 Å². The highest BCUT2D eigenvalue weighted by atomic mass is 16.6. The quantitative estimate of drug-likeness (QED) is 0.484. The molecular formula is C15H20N2O4. The maximum absolute atomic E-state index is 11.9. The van der Waals surface area contributed by atoms with E-state index in [0.29, 0.717) is 13.2 Å². The van der Waals surface area contributed by atoms with Crippen LogP contribution in [0.15, 0.2) is 18.2 Å². The average Bonchev–Trinajstić information content (AvgIpc) is 2.47. The van der Waals surface area contributed by atoms with Crippen molar-refractivity contribution in [3.05, 3.63) is 33.9 Å². The fourth-order valence-corrected chi connectivity index (χ4v) is 2.76. The summed E-state index contributed by atoms with van der Waals surface area (Å²) in [5.41, 5.74) is 1.90. The van der Waals surface area contributed by atoms with Crippen LogP contribution in [0, 0.1) is 23.0 Å². The number of hydrogen-bond donors (Lipinski definition) is 0. The number of benzene rings is 1. The lowest BCUT2D eigenvalue weighted by atomic mass is 9.97. The van der Waals surface area contributed by atoms with E-state index in [1.807, 2.05) is 6.92 Å². The molecule has 0 amide bonds. The summed E-state index contributed by atoms with van der Waals surface area (Å²) in [7, 11) is 0. The number of nitro benzene ring substituents is 1. The SMILES string of the molecule is CCOC(=O)C1CCCN(c2ccc([N+](=O)[O-])cc2C)C1. The number of hydrogen-bond acceptors (Lipinski definition) is 5. The summed E-state index contributed by atoms with van der Waals surface area (Å²) in [6.45, 7) is 5.52. The first-order chi connectivity index (χ1) is 10.0. The molecule has 1 aliphatic rings. The number of carbonyl (C=O) groups is 1. The van der Waals surface area contributed by atoms with Crippen LogP contribution < -0.4 is 4.90 Å². The van der Waals surface area contributed by atoms with Gasteiger partial charge in [-0.3, -0.25) is 14.9 Å². The van der Waals surface area contributed by atoms with Crippen LogP contribution in [0.25, 0.3) is 0 Å². The Morgan fingerprint density at radius 1 is 1.52 bits per heavy atom. The Morgan fingerprint density at radius 3 is 2.90 bits per heavy atom. The summed E-state index contributed by atoms with van der Waals surface area (Å²) in [6, 6.07) is 4.85. The first-order valence-electron chi connectivity index (χ1n) is 7.19. The molecule has 1 aromatic rings. The Labute approximate surface area is 123 Å². The van der Waals surface area contributed by atoms with Crippen molar-refractivity contribution in [1.82, 2.24) is 0 Å². The summed E-state index contributed by atoms with van der Waals surface area (Å²) >= 11 is 0. The van der Waals surface area contributed by atoms with Crippen molar-refractivity contribution in [1.29, 1.82) is 0 Å². The number of ether oxygens (including phenoxy) is 1. The van der Waals surface area contributed by atoms with E-state index >= 15 is 0 Å². The van der Waals surface area contributed by atoms with Crippen molar-refractivity contribution in [2.45, 2.75) is 26.7 Å². The maximum atomic E-state index is 11.9. The van der Waals surface area contributed by atoms with Gasteiger partial charge in [-0.15, -0.1) is 0 Å². The van der Waals surface area contributed by atoms with Crippen molar-refractivity contribution >= 4 is 17.3 Å². The maximum Gasteiger partial charge on any atom is 0.310 e. The largest absolute Gasteiger partial charge is 0.466 e. The van der Waals surface area contributed by atoms with E-state index in [1.54, 1.807) is 19.1 Å². The number of non-ortho nitro benzene ring substituents is 1. The lowest BCUT2D eigenvalue weighted by Gasteiger charge is -2.34. The summed E-state index contributed by atoms with van der Waals surface area (Å²) in [4.78, 5) is 24.4. The predicted octanol–water partition coefficient (Wildman–Crippen LogP) is 2.68. The molecule has 21 heavy (non-hydrogen) atoms. The third kappa shape index (κ3) is 3.51. The highest BCUT2D eigenvalue weighted by Gasteiger charge is 2.27. The first kappa shape index (κ1) is 15.3. The Bertz CT molecular complexity index is 544. The van der Waals surface area contributed by atoms with E-state index in [9.17, 15) is 14.9 Å². The molecule has 1 aliphatic heterocycles. The fourth-order valence-electron chi connectivity index (χ4n) is 2.76. The molecule has 0 N–H and O–H groups in total. The van der Waals surface area contributed by atoms with Crippen molar-refractivity contribution in [3.63, 3.8) is 0 Å². The molecular weight excluding hydrogens is 272 g/mol. The molecule has 0 radical (unpaired) electrons. The summed E-state index contributed by atoms with van der Waals surface area (Å²) in [5.74, 6) is -0.268. The van der Waals surface area contributed by atoms with Gasteiger partial charge in [0.15, 0.2) is 0 Å². The summed E-state index contributed by atoms with van der Waals surface area (Å²) in [5, 5.41) is 10.8. The molecule has 6 nitrogen and oxygen atoms in total. The van der Waals surface area contributed by atoms with Gasteiger partial charge < -0.3 is 9.64 Å². The third-order valence-electron chi connectivity index (χ3n) is 3.77. The lowest BCUT2D eigenvalue weighted by molar-refractivity contribution is -0.384. The summed E-state index contributed by atoms with van der Waals surface area (Å²) in [6.07, 6.45) is 1.75. The van der Waals surface area contributed by atoms with Crippen molar-refractivity contribution in [2.24, 2.45) is 5.92 Å². The third-order valence-corrected chi connectivity index (χ3v) is 3.77. The summed E-state index contributed by atoms with van der Waals surface area (Å²) < 4.78 is 5.09. The second-order valence-corrected chi connectivity index (χ2v) is 5.27. The smallest absolute Gasteiger partial charge is 0.310 e. The topological polar surface area (TPSA) is 72.7 Å². The second kappa shape index (κ2) is 6.56. The molecule has 0 aromatic heterocycles. The van der Waals surface area contributed by atoms with Gasteiger partial charge in [0.1, 0.15) is 0 Å². The van der Waals surface area contributed by atoms with E-state index in [1.165, 1.54) is 6.07 Å². The van der Waals surface area contributed by atoms with Crippen LogP contribution >= 0.6 is 0 Å². The monoisotopic (exact) mass is 292 g/mol. The minimum absolute atomic E-state index is 0.0928. The van der Waals surface area contributed by atoms with E-state index in [4.69, 9.17) is 4.74 Å². The molecule has 6 heteroatoms. The molecule has 1 saturated heterocycles. The number of rotatable bonds is 4. The Morgan fingerprint density at radius 2 is 2.29 bits per heavy atom. The molecule has 1 aromatic carbocycles. The van der Waals surface area contributed by atoms with Crippen LogP contribution in [-0.4, -0.2) is 30.6 Å². The zero-order valence-electron chi connectivity index (χ0n) is 12.4. The number of nitro groups is 1. The first-order valence-corrected chi connectivity index (χ1v) is 7.19. The highest BCUT2D eigenvalue weighted by molar-refractivity contribution is 5.74. The number of piperidine rings is 1. The minimum Gasteiger partial charge on any atom is -0.466 e. The van der Waals surface area contributed by atoms with Crippen molar-refractivity contribution in [3.8, 4) is 0 Å². The molecule has 0 aliphatic carbocycles. The van der Waals surface area contributed by atoms with Gasteiger partial charge in [-0.05, 0) is 38.3 Å². The van der Waals surface area contributed by atoms with Gasteiger partial charge in [0.25, 0.3) is 5.69 Å². The Kier molecular flexibility index (Phi) is 4.77. The van der Waals surface area contributed by atoms with Gasteiger partial charge >= 0.3 is 5.97 Å². The van der Waals surface area contributed by atoms with Gasteiger partial charge in [0.2, 0.25) is 0 Å². The minimum atomic E-state index is -0.394. The van der Waals surface area contributed by atoms with Crippen molar-refractivity contribution in [2.75, 3.05) is 24.6 Å². The van der Waals surface area contributed by atoms with Gasteiger partial charge in [-0.2, -0.15) is 0 Å². The zero-order valence-corrected chi connectivity index (χ0v) is 12.4. The Balaban J connectivity index is 2.14. The van der Waals surface area contributed by atoms with E-state index in [-0.39, 0.29) is 17.6 Å². The fraction of sp³-hybridized carbons (Fsp3) is 0.533. The standard InChI is InChI=1S/C15H20N2O4/c1-3-21-15(18)12-5-4-8-16(10-12)14-7-6-13(17(19)20)9-11(14)2/h6-7,9,12H,3-5,8,10H2,1-2H3. The molecule has 114 valence electrons. The van der Waals surface area contributed by atoms with Crippen LogP contribution in [0.1, 0.15) is 25.3 Å². The molecule has 1 fully saturated rings. The number of anilines is 1. The van der Waals surface area contributed by atoms with Crippen LogP contribution in [0.5, 0.6) is 0 Å². The van der Waals surface area contributed by atoms with E-state index < -0.39 is 4.92 Å².